The van der Waals surface area contributed by atoms with Gasteiger partial charge in [-0.25, -0.2) is 0 Å². The standard InChI is InChI=1S/C11H18N2O2S/c1-8(2)7-15-12-6-11-10(4-5-16-11)13-9(3)14/h4-5,8,12H,6-7H2,1-3H3,(H,13,14). The van der Waals surface area contributed by atoms with Crippen molar-refractivity contribution in [3.63, 3.8) is 0 Å². The Bertz CT molecular complexity index is 336. The molecule has 0 fully saturated rings. The molecule has 0 saturated heterocycles. The number of nitrogens with one attached hydrogen (secondary N) is 2. The summed E-state index contributed by atoms with van der Waals surface area (Å²) in [4.78, 5) is 17.3. The highest BCUT2D eigenvalue weighted by atomic mass is 32.1. The average Bonchev–Trinajstić information content (AvgIpc) is 2.59. The number of thiophene rings is 1. The van der Waals surface area contributed by atoms with E-state index >= 15 is 0 Å². The van der Waals surface area contributed by atoms with Crippen molar-refractivity contribution in [1.29, 1.82) is 0 Å². The van der Waals surface area contributed by atoms with Gasteiger partial charge in [-0.2, -0.15) is 5.48 Å². The molecule has 1 rings (SSSR count). The summed E-state index contributed by atoms with van der Waals surface area (Å²) in [6.07, 6.45) is 0. The maximum absolute atomic E-state index is 10.9. The van der Waals surface area contributed by atoms with Crippen LogP contribution in [0.4, 0.5) is 5.69 Å². The first kappa shape index (κ1) is 13.2. The number of amides is 1. The highest BCUT2D eigenvalue weighted by Gasteiger charge is 2.05. The lowest BCUT2D eigenvalue weighted by atomic mass is 10.2. The van der Waals surface area contributed by atoms with Crippen LogP contribution >= 0.6 is 11.3 Å². The van der Waals surface area contributed by atoms with Gasteiger partial charge in [0.1, 0.15) is 0 Å². The lowest BCUT2D eigenvalue weighted by Crippen LogP contribution is -2.17. The molecule has 0 bridgehead atoms. The van der Waals surface area contributed by atoms with Crippen molar-refractivity contribution in [2.45, 2.75) is 27.3 Å². The molecule has 5 heteroatoms. The van der Waals surface area contributed by atoms with Crippen LogP contribution in [-0.4, -0.2) is 12.5 Å². The molecule has 0 atom stereocenters. The second-order valence-corrected chi connectivity index (χ2v) is 4.97. The summed E-state index contributed by atoms with van der Waals surface area (Å²) in [7, 11) is 0. The molecule has 0 radical (unpaired) electrons. The molecule has 16 heavy (non-hydrogen) atoms. The Morgan fingerprint density at radius 2 is 2.31 bits per heavy atom. The van der Waals surface area contributed by atoms with E-state index in [0.29, 0.717) is 19.1 Å². The fourth-order valence-electron chi connectivity index (χ4n) is 1.12. The molecule has 1 heterocycles. The summed E-state index contributed by atoms with van der Waals surface area (Å²) < 4.78 is 0. The van der Waals surface area contributed by atoms with Gasteiger partial charge in [0.05, 0.1) is 18.8 Å². The summed E-state index contributed by atoms with van der Waals surface area (Å²) in [5.74, 6) is 0.452. The molecular formula is C11H18N2O2S. The molecule has 0 unspecified atom stereocenters. The molecule has 0 saturated carbocycles. The second-order valence-electron chi connectivity index (χ2n) is 3.96. The van der Waals surface area contributed by atoms with Crippen LogP contribution in [0.15, 0.2) is 11.4 Å². The topological polar surface area (TPSA) is 50.4 Å². The minimum Gasteiger partial charge on any atom is -0.325 e. The first-order chi connectivity index (χ1) is 7.59. The van der Waals surface area contributed by atoms with Crippen LogP contribution in [0.3, 0.4) is 0 Å². The summed E-state index contributed by atoms with van der Waals surface area (Å²) >= 11 is 1.59. The predicted octanol–water partition coefficient (Wildman–Crippen LogP) is 2.38. The monoisotopic (exact) mass is 242 g/mol. The Kier molecular flexibility index (Phi) is 5.45. The Morgan fingerprint density at radius 1 is 1.56 bits per heavy atom. The average molecular weight is 242 g/mol. The van der Waals surface area contributed by atoms with E-state index in [1.807, 2.05) is 11.4 Å². The number of hydrogen-bond donors (Lipinski definition) is 2. The van der Waals surface area contributed by atoms with Gasteiger partial charge in [-0.15, -0.1) is 11.3 Å². The lowest BCUT2D eigenvalue weighted by Gasteiger charge is -2.08. The van der Waals surface area contributed by atoms with Crippen molar-refractivity contribution < 1.29 is 9.63 Å². The van der Waals surface area contributed by atoms with Crippen molar-refractivity contribution in [2.24, 2.45) is 5.92 Å². The molecule has 0 aromatic carbocycles. The van der Waals surface area contributed by atoms with Crippen LogP contribution in [0.1, 0.15) is 25.6 Å². The minimum absolute atomic E-state index is 0.0530. The number of anilines is 1. The zero-order valence-electron chi connectivity index (χ0n) is 9.87. The number of rotatable bonds is 6. The maximum Gasteiger partial charge on any atom is 0.221 e. The molecule has 2 N–H and O–H groups in total. The quantitative estimate of drug-likeness (QED) is 0.595. The Morgan fingerprint density at radius 3 is 2.94 bits per heavy atom. The highest BCUT2D eigenvalue weighted by molar-refractivity contribution is 7.10. The van der Waals surface area contributed by atoms with Crippen molar-refractivity contribution >= 4 is 22.9 Å². The molecule has 90 valence electrons. The molecule has 0 aliphatic rings. The summed E-state index contributed by atoms with van der Waals surface area (Å²) in [5.41, 5.74) is 3.75. The van der Waals surface area contributed by atoms with Crippen LogP contribution in [0.5, 0.6) is 0 Å². The molecular weight excluding hydrogens is 224 g/mol. The maximum atomic E-state index is 10.9. The fourth-order valence-corrected chi connectivity index (χ4v) is 1.88. The number of carbonyl (C=O) groups is 1. The van der Waals surface area contributed by atoms with Gasteiger partial charge in [-0.1, -0.05) is 13.8 Å². The highest BCUT2D eigenvalue weighted by Crippen LogP contribution is 2.21. The molecule has 0 aliphatic heterocycles. The first-order valence-electron chi connectivity index (χ1n) is 5.28. The fraction of sp³-hybridized carbons (Fsp3) is 0.545. The number of hydroxylamine groups is 1. The minimum atomic E-state index is -0.0530. The predicted molar refractivity (Wildman–Crippen MR) is 66.3 cm³/mol. The molecule has 1 amide bonds. The van der Waals surface area contributed by atoms with Gasteiger partial charge < -0.3 is 10.2 Å². The largest absolute Gasteiger partial charge is 0.325 e. The Labute approximate surface area is 100.0 Å². The number of hydrogen-bond acceptors (Lipinski definition) is 4. The lowest BCUT2D eigenvalue weighted by molar-refractivity contribution is -0.114. The third kappa shape index (κ3) is 4.74. The molecule has 0 spiro atoms. The van der Waals surface area contributed by atoms with Crippen LogP contribution in [0.2, 0.25) is 0 Å². The van der Waals surface area contributed by atoms with Gasteiger partial charge in [0.15, 0.2) is 0 Å². The molecule has 1 aromatic rings. The van der Waals surface area contributed by atoms with E-state index in [1.165, 1.54) is 6.92 Å². The van der Waals surface area contributed by atoms with Gasteiger partial charge in [-0.05, 0) is 17.4 Å². The van der Waals surface area contributed by atoms with Crippen molar-refractivity contribution in [1.82, 2.24) is 5.48 Å². The third-order valence-electron chi connectivity index (χ3n) is 1.81. The first-order valence-corrected chi connectivity index (χ1v) is 6.16. The van der Waals surface area contributed by atoms with E-state index in [0.717, 1.165) is 10.6 Å². The van der Waals surface area contributed by atoms with Gasteiger partial charge in [0.25, 0.3) is 0 Å². The number of carbonyl (C=O) groups excluding carboxylic acids is 1. The van der Waals surface area contributed by atoms with E-state index in [-0.39, 0.29) is 5.91 Å². The van der Waals surface area contributed by atoms with Crippen LogP contribution in [0.25, 0.3) is 0 Å². The zero-order valence-corrected chi connectivity index (χ0v) is 10.7. The Balaban J connectivity index is 2.36. The smallest absolute Gasteiger partial charge is 0.221 e. The van der Waals surface area contributed by atoms with Crippen LogP contribution < -0.4 is 10.8 Å². The summed E-state index contributed by atoms with van der Waals surface area (Å²) in [6, 6.07) is 1.89. The van der Waals surface area contributed by atoms with Crippen molar-refractivity contribution in [3.05, 3.63) is 16.3 Å². The van der Waals surface area contributed by atoms with Crippen molar-refractivity contribution in [3.8, 4) is 0 Å². The van der Waals surface area contributed by atoms with E-state index < -0.39 is 0 Å². The third-order valence-corrected chi connectivity index (χ3v) is 2.73. The van der Waals surface area contributed by atoms with Crippen LogP contribution in [-0.2, 0) is 16.2 Å². The summed E-state index contributed by atoms with van der Waals surface area (Å²) in [6.45, 7) is 6.98. The van der Waals surface area contributed by atoms with Crippen LogP contribution in [0, 0.1) is 5.92 Å². The zero-order chi connectivity index (χ0) is 12.0. The summed E-state index contributed by atoms with van der Waals surface area (Å²) in [5, 5.41) is 4.73. The normalized spacial score (nSPS) is 10.8. The van der Waals surface area contributed by atoms with E-state index in [4.69, 9.17) is 4.84 Å². The van der Waals surface area contributed by atoms with Gasteiger partial charge in [-0.3, -0.25) is 4.79 Å². The van der Waals surface area contributed by atoms with Gasteiger partial charge >= 0.3 is 0 Å². The molecule has 1 aromatic heterocycles. The Hall–Kier alpha value is -0.910. The molecule has 4 nitrogen and oxygen atoms in total. The van der Waals surface area contributed by atoms with Gasteiger partial charge in [0, 0.05) is 11.8 Å². The van der Waals surface area contributed by atoms with Gasteiger partial charge in [0.2, 0.25) is 5.91 Å². The van der Waals surface area contributed by atoms with E-state index in [9.17, 15) is 4.79 Å². The SMILES string of the molecule is CC(=O)Nc1ccsc1CNOCC(C)C. The van der Waals surface area contributed by atoms with E-state index in [1.54, 1.807) is 11.3 Å². The van der Waals surface area contributed by atoms with Crippen molar-refractivity contribution in [2.75, 3.05) is 11.9 Å². The second kappa shape index (κ2) is 6.62. The van der Waals surface area contributed by atoms with E-state index in [2.05, 4.69) is 24.6 Å². The molecule has 0 aliphatic carbocycles.